The van der Waals surface area contributed by atoms with Crippen molar-refractivity contribution in [1.29, 1.82) is 0 Å². The van der Waals surface area contributed by atoms with Crippen LogP contribution in [0.25, 0.3) is 0 Å². The number of halogens is 1. The van der Waals surface area contributed by atoms with Crippen molar-refractivity contribution in [1.82, 2.24) is 5.32 Å². The smallest absolute Gasteiger partial charge is 0.242 e. The number of anilines is 1. The number of carbonyl (C=O) groups is 1. The molecule has 4 nitrogen and oxygen atoms in total. The highest BCUT2D eigenvalue weighted by molar-refractivity contribution is 7.99. The van der Waals surface area contributed by atoms with Crippen LogP contribution in [0.1, 0.15) is 0 Å². The van der Waals surface area contributed by atoms with Gasteiger partial charge in [-0.25, -0.2) is 4.39 Å². The minimum Gasteiger partial charge on any atom is -0.495 e. The molecule has 1 fully saturated rings. The van der Waals surface area contributed by atoms with Gasteiger partial charge in [0.2, 0.25) is 5.91 Å². The van der Waals surface area contributed by atoms with Crippen molar-refractivity contribution in [2.75, 3.05) is 24.1 Å². The van der Waals surface area contributed by atoms with Crippen molar-refractivity contribution in [2.45, 2.75) is 6.04 Å². The van der Waals surface area contributed by atoms with E-state index in [9.17, 15) is 9.18 Å². The second-order valence-electron chi connectivity index (χ2n) is 3.61. The van der Waals surface area contributed by atoms with Crippen LogP contribution in [0.15, 0.2) is 18.2 Å². The van der Waals surface area contributed by atoms with E-state index in [0.29, 0.717) is 11.4 Å². The van der Waals surface area contributed by atoms with Crippen LogP contribution in [0.5, 0.6) is 5.75 Å². The third-order valence-corrected chi connectivity index (χ3v) is 3.39. The van der Waals surface area contributed by atoms with Crippen molar-refractivity contribution in [2.24, 2.45) is 0 Å². The Morgan fingerprint density at radius 1 is 1.65 bits per heavy atom. The molecule has 92 valence electrons. The third-order valence-electron chi connectivity index (χ3n) is 2.45. The summed E-state index contributed by atoms with van der Waals surface area (Å²) in [6.07, 6.45) is 0. The van der Waals surface area contributed by atoms with Crippen LogP contribution in [0.3, 0.4) is 0 Å². The van der Waals surface area contributed by atoms with Gasteiger partial charge < -0.3 is 10.1 Å². The molecule has 1 amide bonds. The summed E-state index contributed by atoms with van der Waals surface area (Å²) in [6, 6.07) is 3.80. The molecule has 1 unspecified atom stereocenters. The van der Waals surface area contributed by atoms with E-state index >= 15 is 0 Å². The summed E-state index contributed by atoms with van der Waals surface area (Å²) < 4.78 is 18.1. The molecule has 1 aromatic rings. The predicted molar refractivity (Wildman–Crippen MR) is 65.8 cm³/mol. The zero-order valence-electron chi connectivity index (χ0n) is 9.33. The number of hydrogen-bond donors (Lipinski definition) is 2. The number of ether oxygens (including phenoxy) is 1. The monoisotopic (exact) mass is 256 g/mol. The van der Waals surface area contributed by atoms with Crippen molar-refractivity contribution >= 4 is 23.4 Å². The van der Waals surface area contributed by atoms with Crippen molar-refractivity contribution in [3.8, 4) is 5.75 Å². The number of amides is 1. The van der Waals surface area contributed by atoms with Gasteiger partial charge in [0.25, 0.3) is 0 Å². The summed E-state index contributed by atoms with van der Waals surface area (Å²) in [7, 11) is 1.48. The van der Waals surface area contributed by atoms with Gasteiger partial charge in [0.1, 0.15) is 11.6 Å². The van der Waals surface area contributed by atoms with E-state index in [1.807, 2.05) is 0 Å². The molecule has 0 saturated carbocycles. The molecular formula is C11H13FN2O2S. The van der Waals surface area contributed by atoms with Gasteiger partial charge >= 0.3 is 0 Å². The van der Waals surface area contributed by atoms with E-state index < -0.39 is 5.82 Å². The average molecular weight is 256 g/mol. The van der Waals surface area contributed by atoms with Gasteiger partial charge in [-0.2, -0.15) is 0 Å². The van der Waals surface area contributed by atoms with Crippen LogP contribution in [0, 0.1) is 5.82 Å². The number of benzene rings is 1. The Hall–Kier alpha value is -1.27. The molecule has 0 spiro atoms. The van der Waals surface area contributed by atoms with Gasteiger partial charge in [-0.05, 0) is 12.1 Å². The van der Waals surface area contributed by atoms with Crippen LogP contribution < -0.4 is 15.4 Å². The Morgan fingerprint density at radius 2 is 2.47 bits per heavy atom. The highest BCUT2D eigenvalue weighted by atomic mass is 32.2. The van der Waals surface area contributed by atoms with E-state index in [-0.39, 0.29) is 11.9 Å². The number of thioether (sulfide) groups is 1. The van der Waals surface area contributed by atoms with Crippen LogP contribution in [0.4, 0.5) is 10.1 Å². The first-order valence-electron chi connectivity index (χ1n) is 5.16. The highest BCUT2D eigenvalue weighted by Crippen LogP contribution is 2.25. The van der Waals surface area contributed by atoms with Gasteiger partial charge in [0.15, 0.2) is 0 Å². The summed E-state index contributed by atoms with van der Waals surface area (Å²) in [5, 5.41) is 5.71. The molecule has 0 bridgehead atoms. The maximum absolute atomic E-state index is 13.1. The maximum atomic E-state index is 13.1. The lowest BCUT2D eigenvalue weighted by Crippen LogP contribution is -2.37. The number of rotatable bonds is 3. The molecule has 6 heteroatoms. The Labute approximate surface area is 103 Å². The SMILES string of the molecule is COc1ccc(F)cc1NC(=O)C1CSCN1. The predicted octanol–water partition coefficient (Wildman–Crippen LogP) is 1.44. The molecular weight excluding hydrogens is 243 g/mol. The molecule has 1 atom stereocenters. The first-order valence-corrected chi connectivity index (χ1v) is 6.31. The van der Waals surface area contributed by atoms with Crippen molar-refractivity contribution in [3.63, 3.8) is 0 Å². The minimum absolute atomic E-state index is 0.168. The number of methoxy groups -OCH3 is 1. The van der Waals surface area contributed by atoms with Gasteiger partial charge in [-0.15, -0.1) is 11.8 Å². The van der Waals surface area contributed by atoms with E-state index in [0.717, 1.165) is 11.6 Å². The molecule has 0 aliphatic carbocycles. The van der Waals surface area contributed by atoms with Crippen LogP contribution in [0.2, 0.25) is 0 Å². The Bertz CT molecular complexity index is 422. The quantitative estimate of drug-likeness (QED) is 0.859. The van der Waals surface area contributed by atoms with Gasteiger partial charge in [0, 0.05) is 17.7 Å². The van der Waals surface area contributed by atoms with Gasteiger partial charge in [0.05, 0.1) is 18.8 Å². The molecule has 0 radical (unpaired) electrons. The fourth-order valence-electron chi connectivity index (χ4n) is 1.56. The molecule has 2 N–H and O–H groups in total. The van der Waals surface area contributed by atoms with E-state index in [1.165, 1.54) is 25.3 Å². The normalized spacial score (nSPS) is 19.1. The van der Waals surface area contributed by atoms with E-state index in [1.54, 1.807) is 11.8 Å². The second kappa shape index (κ2) is 5.37. The average Bonchev–Trinajstić information content (AvgIpc) is 2.83. The van der Waals surface area contributed by atoms with Gasteiger partial charge in [-0.3, -0.25) is 10.1 Å². The van der Waals surface area contributed by atoms with Gasteiger partial charge in [-0.1, -0.05) is 0 Å². The largest absolute Gasteiger partial charge is 0.495 e. The first-order chi connectivity index (χ1) is 8.20. The summed E-state index contributed by atoms with van der Waals surface area (Å²) in [5.74, 6) is 1.36. The molecule has 1 aliphatic heterocycles. The van der Waals surface area contributed by atoms with E-state index in [2.05, 4.69) is 10.6 Å². The van der Waals surface area contributed by atoms with Crippen molar-refractivity contribution in [3.05, 3.63) is 24.0 Å². The van der Waals surface area contributed by atoms with Crippen LogP contribution >= 0.6 is 11.8 Å². The molecule has 0 aromatic heterocycles. The lowest BCUT2D eigenvalue weighted by molar-refractivity contribution is -0.117. The number of carbonyl (C=O) groups excluding carboxylic acids is 1. The minimum atomic E-state index is -0.408. The topological polar surface area (TPSA) is 50.4 Å². The highest BCUT2D eigenvalue weighted by Gasteiger charge is 2.23. The molecule has 1 saturated heterocycles. The van der Waals surface area contributed by atoms with E-state index in [4.69, 9.17) is 4.74 Å². The van der Waals surface area contributed by atoms with Crippen LogP contribution in [-0.4, -0.2) is 30.7 Å². The Kier molecular flexibility index (Phi) is 3.86. The summed E-state index contributed by atoms with van der Waals surface area (Å²) in [4.78, 5) is 11.8. The standard InChI is InChI=1S/C11H13FN2O2S/c1-16-10-3-2-7(12)4-8(10)14-11(15)9-5-17-6-13-9/h2-4,9,13H,5-6H2,1H3,(H,14,15). The zero-order valence-corrected chi connectivity index (χ0v) is 10.1. The summed E-state index contributed by atoms with van der Waals surface area (Å²) >= 11 is 1.66. The lowest BCUT2D eigenvalue weighted by atomic mass is 10.2. The maximum Gasteiger partial charge on any atom is 0.242 e. The Balaban J connectivity index is 2.11. The molecule has 17 heavy (non-hydrogen) atoms. The molecule has 1 aromatic carbocycles. The summed E-state index contributed by atoms with van der Waals surface area (Å²) in [6.45, 7) is 0. The second-order valence-corrected chi connectivity index (χ2v) is 4.64. The Morgan fingerprint density at radius 3 is 3.12 bits per heavy atom. The van der Waals surface area contributed by atoms with Crippen molar-refractivity contribution < 1.29 is 13.9 Å². The lowest BCUT2D eigenvalue weighted by Gasteiger charge is -2.13. The molecule has 1 heterocycles. The fraction of sp³-hybridized carbons (Fsp3) is 0.364. The van der Waals surface area contributed by atoms with Crippen LogP contribution in [-0.2, 0) is 4.79 Å². The number of nitrogens with one attached hydrogen (secondary N) is 2. The summed E-state index contributed by atoms with van der Waals surface area (Å²) in [5.41, 5.74) is 0.358. The molecule has 1 aliphatic rings. The fourth-order valence-corrected chi connectivity index (χ4v) is 2.50. The zero-order chi connectivity index (χ0) is 12.3. The first kappa shape index (κ1) is 12.2. The molecule has 2 rings (SSSR count). The third kappa shape index (κ3) is 2.89. The number of hydrogen-bond acceptors (Lipinski definition) is 4.